The first-order valence-electron chi connectivity index (χ1n) is 10.9. The minimum atomic E-state index is -0.0357. The molecule has 0 spiro atoms. The summed E-state index contributed by atoms with van der Waals surface area (Å²) < 4.78 is 0. The second-order valence-electron chi connectivity index (χ2n) is 10.4. The van der Waals surface area contributed by atoms with E-state index in [0.29, 0.717) is 16.9 Å². The van der Waals surface area contributed by atoms with Crippen LogP contribution < -0.4 is 0 Å². The van der Waals surface area contributed by atoms with Crippen molar-refractivity contribution in [1.29, 1.82) is 0 Å². The van der Waals surface area contributed by atoms with Gasteiger partial charge < -0.3 is 15.1 Å². The van der Waals surface area contributed by atoms with Crippen LogP contribution in [0.25, 0.3) is 0 Å². The smallest absolute Gasteiger partial charge is 0.0558 e. The van der Waals surface area contributed by atoms with E-state index in [1.54, 1.807) is 0 Å². The summed E-state index contributed by atoms with van der Waals surface area (Å²) in [6.07, 6.45) is 11.5. The van der Waals surface area contributed by atoms with E-state index in [2.05, 4.69) is 25.8 Å². The van der Waals surface area contributed by atoms with Gasteiger partial charge in [-0.2, -0.15) is 0 Å². The maximum atomic E-state index is 10.2. The summed E-state index contributed by atoms with van der Waals surface area (Å²) in [4.78, 5) is 2.45. The van der Waals surface area contributed by atoms with Gasteiger partial charge >= 0.3 is 0 Å². The molecule has 4 aliphatic rings. The van der Waals surface area contributed by atoms with Crippen LogP contribution in [-0.4, -0.2) is 47.5 Å². The number of hydrogen-bond acceptors (Lipinski definition) is 3. The molecule has 0 aromatic carbocycles. The summed E-state index contributed by atoms with van der Waals surface area (Å²) in [6.45, 7) is 6.24. The van der Waals surface area contributed by atoms with Gasteiger partial charge in [-0.25, -0.2) is 0 Å². The van der Waals surface area contributed by atoms with Crippen molar-refractivity contribution in [3.05, 3.63) is 0 Å². The summed E-state index contributed by atoms with van der Waals surface area (Å²) in [5.41, 5.74) is 0.932. The Labute approximate surface area is 154 Å². The van der Waals surface area contributed by atoms with Crippen molar-refractivity contribution in [2.75, 3.05) is 20.2 Å². The number of aliphatic hydroxyl groups is 2. The Morgan fingerprint density at radius 1 is 0.920 bits per heavy atom. The molecule has 2 N–H and O–H groups in total. The van der Waals surface area contributed by atoms with Gasteiger partial charge in [0.2, 0.25) is 0 Å². The van der Waals surface area contributed by atoms with Gasteiger partial charge in [0.05, 0.1) is 12.7 Å². The minimum absolute atomic E-state index is 0.0357. The predicted molar refractivity (Wildman–Crippen MR) is 101 cm³/mol. The first-order chi connectivity index (χ1) is 11.9. The first kappa shape index (κ1) is 18.3. The van der Waals surface area contributed by atoms with Crippen molar-refractivity contribution in [3.63, 3.8) is 0 Å². The fourth-order valence-corrected chi connectivity index (χ4v) is 8.25. The molecule has 4 aliphatic carbocycles. The van der Waals surface area contributed by atoms with Gasteiger partial charge in [-0.15, -0.1) is 0 Å². The van der Waals surface area contributed by atoms with E-state index in [0.717, 1.165) is 43.1 Å². The molecule has 0 saturated heterocycles. The van der Waals surface area contributed by atoms with E-state index >= 15 is 0 Å². The highest BCUT2D eigenvalue weighted by molar-refractivity contribution is 5.11. The summed E-state index contributed by atoms with van der Waals surface area (Å²) in [7, 11) is 2.22. The number of aliphatic hydroxyl groups excluding tert-OH is 2. The lowest BCUT2D eigenvalue weighted by Crippen LogP contribution is -2.56. The molecule has 0 heterocycles. The summed E-state index contributed by atoms with van der Waals surface area (Å²) >= 11 is 0. The number of rotatable bonds is 3. The summed E-state index contributed by atoms with van der Waals surface area (Å²) in [6, 6.07) is 0.657. The fraction of sp³-hybridized carbons (Fsp3) is 1.00. The quantitative estimate of drug-likeness (QED) is 0.817. The number of fused-ring (bicyclic) bond motifs is 5. The second kappa shape index (κ2) is 6.49. The number of hydrogen-bond donors (Lipinski definition) is 2. The first-order valence-corrected chi connectivity index (χ1v) is 10.9. The van der Waals surface area contributed by atoms with Gasteiger partial charge in [0.25, 0.3) is 0 Å². The molecule has 0 unspecified atom stereocenters. The van der Waals surface area contributed by atoms with Crippen LogP contribution in [0, 0.1) is 34.5 Å². The molecule has 144 valence electrons. The number of nitrogens with zero attached hydrogens (tertiary/aromatic N) is 1. The molecule has 0 aliphatic heterocycles. The molecule has 0 radical (unpaired) electrons. The molecule has 0 bridgehead atoms. The highest BCUT2D eigenvalue weighted by Gasteiger charge is 2.60. The second-order valence-corrected chi connectivity index (χ2v) is 10.4. The molecule has 4 saturated carbocycles. The maximum Gasteiger partial charge on any atom is 0.0558 e. The van der Waals surface area contributed by atoms with E-state index in [1.807, 2.05) is 0 Å². The Bertz CT molecular complexity index is 496. The monoisotopic (exact) mass is 349 g/mol. The van der Waals surface area contributed by atoms with Crippen LogP contribution in [0.5, 0.6) is 0 Å². The van der Waals surface area contributed by atoms with Gasteiger partial charge in [-0.3, -0.25) is 0 Å². The van der Waals surface area contributed by atoms with Gasteiger partial charge in [0.15, 0.2) is 0 Å². The van der Waals surface area contributed by atoms with Crippen molar-refractivity contribution in [3.8, 4) is 0 Å². The zero-order valence-electron chi connectivity index (χ0n) is 16.6. The molecule has 3 nitrogen and oxygen atoms in total. The maximum absolute atomic E-state index is 10.2. The third kappa shape index (κ3) is 2.72. The summed E-state index contributed by atoms with van der Waals surface area (Å²) in [5, 5.41) is 19.6. The third-order valence-corrected chi connectivity index (χ3v) is 9.57. The Hall–Kier alpha value is -0.120. The summed E-state index contributed by atoms with van der Waals surface area (Å²) in [5.74, 6) is 3.43. The lowest BCUT2D eigenvalue weighted by molar-refractivity contribution is -0.128. The van der Waals surface area contributed by atoms with E-state index in [1.165, 1.54) is 44.9 Å². The molecule has 25 heavy (non-hydrogen) atoms. The highest BCUT2D eigenvalue weighted by Crippen LogP contribution is 2.66. The highest BCUT2D eigenvalue weighted by atomic mass is 16.3. The largest absolute Gasteiger partial charge is 0.395 e. The van der Waals surface area contributed by atoms with Gasteiger partial charge in [0.1, 0.15) is 0 Å². The average Bonchev–Trinajstić information content (AvgIpc) is 2.93. The third-order valence-electron chi connectivity index (χ3n) is 9.57. The number of likely N-dealkylation sites (N-methyl/N-ethyl adjacent to an activating group) is 1. The molecule has 0 aromatic heterocycles. The van der Waals surface area contributed by atoms with Crippen LogP contribution in [-0.2, 0) is 0 Å². The van der Waals surface area contributed by atoms with Crippen molar-refractivity contribution in [2.24, 2.45) is 34.5 Å². The molecule has 0 amide bonds. The Morgan fingerprint density at radius 3 is 2.40 bits per heavy atom. The molecule has 4 fully saturated rings. The average molecular weight is 350 g/mol. The Kier molecular flexibility index (Phi) is 4.74. The minimum Gasteiger partial charge on any atom is -0.395 e. The van der Waals surface area contributed by atoms with Gasteiger partial charge in [-0.05, 0) is 99.3 Å². The molecule has 0 aromatic rings. The zero-order chi connectivity index (χ0) is 17.8. The Balaban J connectivity index is 1.56. The van der Waals surface area contributed by atoms with E-state index < -0.39 is 0 Å². The van der Waals surface area contributed by atoms with Crippen LogP contribution in [0.4, 0.5) is 0 Å². The van der Waals surface area contributed by atoms with Crippen LogP contribution >= 0.6 is 0 Å². The lowest BCUT2D eigenvalue weighted by atomic mass is 9.45. The van der Waals surface area contributed by atoms with Crippen LogP contribution in [0.15, 0.2) is 0 Å². The van der Waals surface area contributed by atoms with Gasteiger partial charge in [-0.1, -0.05) is 13.8 Å². The zero-order valence-corrected chi connectivity index (χ0v) is 16.6. The standard InChI is InChI=1S/C22H39NO2/c1-21-10-8-16(25)14-15(21)4-5-17-18-6-7-20(23(3)12-13-24)22(18,2)11-9-19(17)21/h15-20,24-25H,4-14H2,1-3H3/t15-,16+,17-,18+,19-,20+,21-,22-/m0/s1. The molecular weight excluding hydrogens is 310 g/mol. The SMILES string of the molecule is CN(CCO)[C@@H]1CC[C@@H]2[C@@H]3CC[C@H]4C[C@H](O)CC[C@]4(C)[C@H]3CC[C@@]21C. The van der Waals surface area contributed by atoms with Crippen molar-refractivity contribution in [2.45, 2.75) is 83.8 Å². The molecule has 3 heteroatoms. The van der Waals surface area contributed by atoms with E-state index in [-0.39, 0.29) is 12.7 Å². The van der Waals surface area contributed by atoms with Crippen molar-refractivity contribution in [1.82, 2.24) is 4.90 Å². The van der Waals surface area contributed by atoms with Crippen molar-refractivity contribution >= 4 is 0 Å². The van der Waals surface area contributed by atoms with Gasteiger partial charge in [0, 0.05) is 12.6 Å². The Morgan fingerprint density at radius 2 is 1.64 bits per heavy atom. The van der Waals surface area contributed by atoms with Crippen LogP contribution in [0.2, 0.25) is 0 Å². The normalized spacial score (nSPS) is 52.6. The molecule has 8 atom stereocenters. The topological polar surface area (TPSA) is 43.7 Å². The fourth-order valence-electron chi connectivity index (χ4n) is 8.25. The van der Waals surface area contributed by atoms with Crippen LogP contribution in [0.3, 0.4) is 0 Å². The molecule has 4 rings (SSSR count). The van der Waals surface area contributed by atoms with Crippen molar-refractivity contribution < 1.29 is 10.2 Å². The predicted octanol–water partition coefficient (Wildman–Crippen LogP) is 3.68. The van der Waals surface area contributed by atoms with E-state index in [4.69, 9.17) is 0 Å². The van der Waals surface area contributed by atoms with E-state index in [9.17, 15) is 10.2 Å². The molecular formula is C22H39NO2. The lowest BCUT2D eigenvalue weighted by Gasteiger charge is -2.61. The van der Waals surface area contributed by atoms with Crippen LogP contribution in [0.1, 0.15) is 71.6 Å².